The molecule has 1 N–H and O–H groups in total. The second kappa shape index (κ2) is 8.11. The summed E-state index contributed by atoms with van der Waals surface area (Å²) in [5, 5.41) is 4.65. The number of nitrogens with one attached hydrogen (secondary N) is 1. The lowest BCUT2D eigenvalue weighted by molar-refractivity contribution is 0.573. The average molecular weight is 423 g/mol. The third kappa shape index (κ3) is 3.87. The molecule has 0 aromatic heterocycles. The van der Waals surface area contributed by atoms with Crippen molar-refractivity contribution in [3.63, 3.8) is 0 Å². The van der Waals surface area contributed by atoms with Crippen LogP contribution in [0.1, 0.15) is 28.8 Å². The third-order valence-corrected chi connectivity index (χ3v) is 6.20. The predicted molar refractivity (Wildman–Crippen MR) is 114 cm³/mol. The van der Waals surface area contributed by atoms with Gasteiger partial charge in [0.1, 0.15) is 6.04 Å². The van der Waals surface area contributed by atoms with Crippen molar-refractivity contribution in [1.82, 2.24) is 5.32 Å². The van der Waals surface area contributed by atoms with E-state index in [2.05, 4.69) is 100 Å². The van der Waals surface area contributed by atoms with Crippen molar-refractivity contribution >= 4 is 32.9 Å². The molecule has 0 saturated carbocycles. The highest BCUT2D eigenvalue weighted by molar-refractivity contribution is 9.10. The van der Waals surface area contributed by atoms with Crippen LogP contribution in [-0.4, -0.2) is 5.17 Å². The number of aliphatic imine (C=N–C) groups is 1. The number of nitrogens with zero attached hydrogens (tertiary/aromatic N) is 1. The zero-order valence-electron chi connectivity index (χ0n) is 14.2. The molecule has 0 amide bonds. The van der Waals surface area contributed by atoms with Crippen molar-refractivity contribution in [3.05, 3.63) is 106 Å². The molecule has 4 rings (SSSR count). The molecule has 130 valence electrons. The average Bonchev–Trinajstić information content (AvgIpc) is 3.13. The van der Waals surface area contributed by atoms with Crippen molar-refractivity contribution in [2.75, 3.05) is 0 Å². The lowest BCUT2D eigenvalue weighted by atomic mass is 9.95. The molecule has 1 aliphatic rings. The number of amidine groups is 1. The smallest absolute Gasteiger partial charge is 0.158 e. The maximum Gasteiger partial charge on any atom is 0.158 e. The van der Waals surface area contributed by atoms with Gasteiger partial charge in [0.2, 0.25) is 0 Å². The highest BCUT2D eigenvalue weighted by Crippen LogP contribution is 2.38. The topological polar surface area (TPSA) is 24.4 Å². The molecule has 0 saturated heterocycles. The fourth-order valence-corrected chi connectivity index (χ4v) is 4.69. The molecule has 26 heavy (non-hydrogen) atoms. The first-order chi connectivity index (χ1) is 12.8. The Labute approximate surface area is 166 Å². The highest BCUT2D eigenvalue weighted by Gasteiger charge is 2.31. The number of rotatable bonds is 4. The monoisotopic (exact) mass is 422 g/mol. The molecule has 0 aliphatic carbocycles. The molecular weight excluding hydrogens is 404 g/mol. The van der Waals surface area contributed by atoms with Crippen LogP contribution in [0.4, 0.5) is 0 Å². The molecule has 2 nitrogen and oxygen atoms in total. The summed E-state index contributed by atoms with van der Waals surface area (Å²) >= 11 is 5.39. The Bertz CT molecular complexity index is 896. The second-order valence-electron chi connectivity index (χ2n) is 6.20. The van der Waals surface area contributed by atoms with Crippen LogP contribution < -0.4 is 5.32 Å². The van der Waals surface area contributed by atoms with Crippen LogP contribution in [0.25, 0.3) is 0 Å². The minimum Gasteiger partial charge on any atom is -0.356 e. The van der Waals surface area contributed by atoms with Gasteiger partial charge in [0.15, 0.2) is 5.17 Å². The lowest BCUT2D eigenvalue weighted by Gasteiger charge is -2.19. The van der Waals surface area contributed by atoms with E-state index in [0.717, 1.165) is 15.4 Å². The molecule has 1 heterocycles. The Kier molecular flexibility index (Phi) is 5.42. The summed E-state index contributed by atoms with van der Waals surface area (Å²) in [5.74, 6) is 0.885. The van der Waals surface area contributed by atoms with Gasteiger partial charge in [-0.25, -0.2) is 0 Å². The Morgan fingerprint density at radius 2 is 1.42 bits per heavy atom. The maximum absolute atomic E-state index is 5.01. The fourth-order valence-electron chi connectivity index (χ4n) is 3.13. The van der Waals surface area contributed by atoms with E-state index in [1.54, 1.807) is 11.8 Å². The maximum atomic E-state index is 5.01. The molecule has 0 unspecified atom stereocenters. The quantitative estimate of drug-likeness (QED) is 0.547. The van der Waals surface area contributed by atoms with Crippen molar-refractivity contribution in [1.29, 1.82) is 0 Å². The molecule has 4 heteroatoms. The second-order valence-corrected chi connectivity index (χ2v) is 8.02. The minimum atomic E-state index is 0.0975. The number of thioether (sulfide) groups is 1. The Hall–Kier alpha value is -2.04. The minimum absolute atomic E-state index is 0.0975. The van der Waals surface area contributed by atoms with Gasteiger partial charge in [-0.2, -0.15) is 0 Å². The van der Waals surface area contributed by atoms with Gasteiger partial charge >= 0.3 is 0 Å². The van der Waals surface area contributed by atoms with Crippen molar-refractivity contribution < 1.29 is 0 Å². The summed E-state index contributed by atoms with van der Waals surface area (Å²) in [4.78, 5) is 5.01. The van der Waals surface area contributed by atoms with Gasteiger partial charge in [-0.1, -0.05) is 107 Å². The van der Waals surface area contributed by atoms with E-state index in [9.17, 15) is 0 Å². The van der Waals surface area contributed by atoms with E-state index in [1.165, 1.54) is 16.7 Å². The SMILES string of the molecule is Brc1ccccc1CSC1=N[C@@H](c2ccccc2)[C@@H](c2ccccc2)N1. The summed E-state index contributed by atoms with van der Waals surface area (Å²) in [6.45, 7) is 0. The zero-order valence-corrected chi connectivity index (χ0v) is 16.6. The predicted octanol–water partition coefficient (Wildman–Crippen LogP) is 6.12. The Morgan fingerprint density at radius 1 is 0.808 bits per heavy atom. The van der Waals surface area contributed by atoms with Gasteiger partial charge in [-0.05, 0) is 22.8 Å². The van der Waals surface area contributed by atoms with Gasteiger partial charge in [0.25, 0.3) is 0 Å². The summed E-state index contributed by atoms with van der Waals surface area (Å²) in [6, 6.07) is 29.7. The third-order valence-electron chi connectivity index (χ3n) is 4.47. The number of hydrogen-bond donors (Lipinski definition) is 1. The molecule has 0 fully saturated rings. The van der Waals surface area contributed by atoms with E-state index < -0.39 is 0 Å². The molecule has 0 bridgehead atoms. The molecule has 2 atom stereocenters. The first-order valence-corrected chi connectivity index (χ1v) is 10.4. The number of halogens is 1. The van der Waals surface area contributed by atoms with Crippen LogP contribution in [0.15, 0.2) is 94.4 Å². The standard InChI is InChI=1S/C22H19BrN2S/c23-19-14-8-7-13-18(19)15-26-22-24-20(16-9-3-1-4-10-16)21(25-22)17-11-5-2-6-12-17/h1-14,20-21H,15H2,(H,24,25)/t20-,21+. The van der Waals surface area contributed by atoms with Crippen LogP contribution in [0.5, 0.6) is 0 Å². The highest BCUT2D eigenvalue weighted by atomic mass is 79.9. The fraction of sp³-hybridized carbons (Fsp3) is 0.136. The van der Waals surface area contributed by atoms with Crippen LogP contribution >= 0.6 is 27.7 Å². The van der Waals surface area contributed by atoms with E-state index in [1.807, 2.05) is 6.07 Å². The van der Waals surface area contributed by atoms with Crippen LogP contribution in [0.2, 0.25) is 0 Å². The van der Waals surface area contributed by atoms with Crippen LogP contribution in [0.3, 0.4) is 0 Å². The van der Waals surface area contributed by atoms with Crippen molar-refractivity contribution in [3.8, 4) is 0 Å². The summed E-state index contributed by atoms with van der Waals surface area (Å²) in [7, 11) is 0. The van der Waals surface area contributed by atoms with E-state index in [4.69, 9.17) is 4.99 Å². The molecular formula is C22H19BrN2S. The summed E-state index contributed by atoms with van der Waals surface area (Å²) < 4.78 is 1.14. The van der Waals surface area contributed by atoms with Gasteiger partial charge in [-0.15, -0.1) is 0 Å². The lowest BCUT2D eigenvalue weighted by Crippen LogP contribution is -2.22. The molecule has 3 aromatic carbocycles. The first kappa shape index (κ1) is 17.4. The van der Waals surface area contributed by atoms with Gasteiger partial charge in [-0.3, -0.25) is 4.99 Å². The van der Waals surface area contributed by atoms with Crippen molar-refractivity contribution in [2.24, 2.45) is 4.99 Å². The van der Waals surface area contributed by atoms with E-state index in [0.29, 0.717) is 0 Å². The Balaban J connectivity index is 1.57. The van der Waals surface area contributed by atoms with Crippen molar-refractivity contribution in [2.45, 2.75) is 17.8 Å². The van der Waals surface area contributed by atoms with Gasteiger partial charge in [0.05, 0.1) is 6.04 Å². The van der Waals surface area contributed by atoms with E-state index in [-0.39, 0.29) is 12.1 Å². The number of benzene rings is 3. The van der Waals surface area contributed by atoms with E-state index >= 15 is 0 Å². The van der Waals surface area contributed by atoms with Crippen LogP contribution in [0, 0.1) is 0 Å². The first-order valence-electron chi connectivity index (χ1n) is 8.62. The Morgan fingerprint density at radius 3 is 2.12 bits per heavy atom. The normalized spacial score (nSPS) is 19.0. The molecule has 0 radical (unpaired) electrons. The molecule has 1 aliphatic heterocycles. The molecule has 0 spiro atoms. The molecule has 3 aromatic rings. The zero-order chi connectivity index (χ0) is 17.8. The summed E-state index contributed by atoms with van der Waals surface area (Å²) in [5.41, 5.74) is 3.79. The largest absolute Gasteiger partial charge is 0.356 e. The number of hydrogen-bond acceptors (Lipinski definition) is 3. The van der Waals surface area contributed by atoms with Crippen LogP contribution in [-0.2, 0) is 5.75 Å². The van der Waals surface area contributed by atoms with Gasteiger partial charge in [0, 0.05) is 10.2 Å². The van der Waals surface area contributed by atoms with Gasteiger partial charge < -0.3 is 5.32 Å². The summed E-state index contributed by atoms with van der Waals surface area (Å²) in [6.07, 6.45) is 0.